The Kier molecular flexibility index (Phi) is 7.09. The lowest BCUT2D eigenvalue weighted by Crippen LogP contribution is -2.40. The van der Waals surface area contributed by atoms with Gasteiger partial charge in [-0.2, -0.15) is 4.31 Å². The molecule has 0 aromatic heterocycles. The molecule has 1 atom stereocenters. The maximum atomic E-state index is 12.8. The van der Waals surface area contributed by atoms with Crippen molar-refractivity contribution in [1.29, 1.82) is 0 Å². The summed E-state index contributed by atoms with van der Waals surface area (Å²) in [5.74, 6) is 0.164. The molecule has 0 aliphatic carbocycles. The van der Waals surface area contributed by atoms with E-state index in [2.05, 4.69) is 5.32 Å². The van der Waals surface area contributed by atoms with Crippen molar-refractivity contribution >= 4 is 15.9 Å². The van der Waals surface area contributed by atoms with Gasteiger partial charge in [-0.15, -0.1) is 0 Å². The van der Waals surface area contributed by atoms with Crippen LogP contribution in [0.4, 0.5) is 0 Å². The molecule has 0 unspecified atom stereocenters. The van der Waals surface area contributed by atoms with Crippen molar-refractivity contribution < 1.29 is 17.9 Å². The molecule has 0 saturated heterocycles. The fourth-order valence-electron chi connectivity index (χ4n) is 3.18. The molecule has 3 rings (SSSR count). The van der Waals surface area contributed by atoms with Gasteiger partial charge in [0.1, 0.15) is 5.75 Å². The molecule has 0 bridgehead atoms. The first-order valence-corrected chi connectivity index (χ1v) is 11.3. The monoisotopic (exact) mass is 438 g/mol. The van der Waals surface area contributed by atoms with Gasteiger partial charge in [-0.05, 0) is 42.3 Å². The minimum absolute atomic E-state index is 0.0988. The molecule has 0 saturated carbocycles. The molecule has 0 spiro atoms. The van der Waals surface area contributed by atoms with Crippen LogP contribution < -0.4 is 10.1 Å². The molecule has 1 amide bonds. The summed E-state index contributed by atoms with van der Waals surface area (Å²) >= 11 is 0. The third-order valence-corrected chi connectivity index (χ3v) is 6.80. The van der Waals surface area contributed by atoms with E-state index in [4.69, 9.17) is 4.74 Å². The van der Waals surface area contributed by atoms with E-state index in [0.717, 1.165) is 21.0 Å². The Morgan fingerprint density at radius 1 is 0.935 bits per heavy atom. The molecule has 0 heterocycles. The lowest BCUT2D eigenvalue weighted by Gasteiger charge is -2.22. The minimum Gasteiger partial charge on any atom is -0.497 e. The summed E-state index contributed by atoms with van der Waals surface area (Å²) in [6.45, 7) is 1.70. The molecule has 7 heteroatoms. The number of methoxy groups -OCH3 is 1. The van der Waals surface area contributed by atoms with Crippen molar-refractivity contribution in [1.82, 2.24) is 9.62 Å². The molecule has 1 N–H and O–H groups in total. The second kappa shape index (κ2) is 9.76. The van der Waals surface area contributed by atoms with E-state index >= 15 is 0 Å². The number of hydrogen-bond donors (Lipinski definition) is 1. The first-order valence-electron chi connectivity index (χ1n) is 9.82. The van der Waals surface area contributed by atoms with Crippen LogP contribution in [0.25, 0.3) is 0 Å². The van der Waals surface area contributed by atoms with Gasteiger partial charge in [0.2, 0.25) is 15.9 Å². The molecular weight excluding hydrogens is 412 g/mol. The number of nitrogens with one attached hydrogen (secondary N) is 1. The summed E-state index contributed by atoms with van der Waals surface area (Å²) < 4.78 is 31.8. The number of carbonyl (C=O) groups excluding carboxylic acids is 1. The maximum absolute atomic E-state index is 12.8. The summed E-state index contributed by atoms with van der Waals surface area (Å²) in [7, 11) is -0.910. The van der Waals surface area contributed by atoms with Gasteiger partial charge in [-0.1, -0.05) is 60.2 Å². The van der Waals surface area contributed by atoms with E-state index < -0.39 is 15.9 Å². The SMILES string of the molecule is COc1ccc(S(=O)(=O)N(C)CC(=O)N[C@@H](c2ccccc2)c2ccc(C)cc2)cc1. The van der Waals surface area contributed by atoms with E-state index in [1.54, 1.807) is 12.1 Å². The zero-order valence-electron chi connectivity index (χ0n) is 17.8. The molecule has 0 radical (unpaired) electrons. The Morgan fingerprint density at radius 2 is 1.52 bits per heavy atom. The van der Waals surface area contributed by atoms with Gasteiger partial charge in [-0.3, -0.25) is 4.79 Å². The first-order chi connectivity index (χ1) is 14.8. The third-order valence-electron chi connectivity index (χ3n) is 4.98. The van der Waals surface area contributed by atoms with Crippen molar-refractivity contribution in [3.8, 4) is 5.75 Å². The molecule has 6 nitrogen and oxygen atoms in total. The predicted octanol–water partition coefficient (Wildman–Crippen LogP) is 3.53. The van der Waals surface area contributed by atoms with Crippen LogP contribution >= 0.6 is 0 Å². The normalized spacial score (nSPS) is 12.4. The zero-order valence-corrected chi connectivity index (χ0v) is 18.6. The van der Waals surface area contributed by atoms with E-state index in [1.165, 1.54) is 26.3 Å². The zero-order chi connectivity index (χ0) is 22.4. The molecular formula is C24H26N2O4S. The van der Waals surface area contributed by atoms with Gasteiger partial charge < -0.3 is 10.1 Å². The number of amides is 1. The molecule has 0 aliphatic rings. The van der Waals surface area contributed by atoms with Gasteiger partial charge >= 0.3 is 0 Å². The Morgan fingerprint density at radius 3 is 2.10 bits per heavy atom. The Bertz CT molecular complexity index is 1110. The van der Waals surface area contributed by atoms with Crippen LogP contribution in [-0.4, -0.2) is 39.3 Å². The second-order valence-corrected chi connectivity index (χ2v) is 9.30. The number of nitrogens with zero attached hydrogens (tertiary/aromatic N) is 1. The molecule has 162 valence electrons. The number of rotatable bonds is 8. The van der Waals surface area contributed by atoms with Crippen molar-refractivity contribution in [2.75, 3.05) is 20.7 Å². The minimum atomic E-state index is -3.81. The fraction of sp³-hybridized carbons (Fsp3) is 0.208. The summed E-state index contributed by atoms with van der Waals surface area (Å²) in [6.07, 6.45) is 0. The van der Waals surface area contributed by atoms with Gasteiger partial charge in [0.25, 0.3) is 0 Å². The standard InChI is InChI=1S/C24H26N2O4S/c1-18-9-11-20(12-10-18)24(19-7-5-4-6-8-19)25-23(27)17-26(2)31(28,29)22-15-13-21(30-3)14-16-22/h4-16,24H,17H2,1-3H3,(H,25,27)/t24-/m0/s1. The molecule has 3 aromatic carbocycles. The molecule has 31 heavy (non-hydrogen) atoms. The highest BCUT2D eigenvalue weighted by Gasteiger charge is 2.25. The first kappa shape index (κ1) is 22.5. The number of benzene rings is 3. The van der Waals surface area contributed by atoms with Crippen LogP contribution in [0, 0.1) is 6.92 Å². The van der Waals surface area contributed by atoms with Gasteiger partial charge in [0.15, 0.2) is 0 Å². The average Bonchev–Trinajstić information content (AvgIpc) is 2.78. The van der Waals surface area contributed by atoms with Crippen LogP contribution in [0.15, 0.2) is 83.8 Å². The number of likely N-dealkylation sites (N-methyl/N-ethyl adjacent to an activating group) is 1. The highest BCUT2D eigenvalue weighted by atomic mass is 32.2. The number of carbonyl (C=O) groups is 1. The smallest absolute Gasteiger partial charge is 0.243 e. The lowest BCUT2D eigenvalue weighted by atomic mass is 9.98. The van der Waals surface area contributed by atoms with Gasteiger partial charge in [-0.25, -0.2) is 8.42 Å². The number of ether oxygens (including phenoxy) is 1. The van der Waals surface area contributed by atoms with Gasteiger partial charge in [0.05, 0.1) is 24.6 Å². The van der Waals surface area contributed by atoms with Crippen molar-refractivity contribution in [2.24, 2.45) is 0 Å². The highest BCUT2D eigenvalue weighted by Crippen LogP contribution is 2.23. The third kappa shape index (κ3) is 5.51. The quantitative estimate of drug-likeness (QED) is 0.584. The van der Waals surface area contributed by atoms with Gasteiger partial charge in [0, 0.05) is 7.05 Å². The van der Waals surface area contributed by atoms with Crippen LogP contribution in [0.2, 0.25) is 0 Å². The van der Waals surface area contributed by atoms with E-state index in [-0.39, 0.29) is 17.5 Å². The van der Waals surface area contributed by atoms with Crippen molar-refractivity contribution in [2.45, 2.75) is 17.9 Å². The van der Waals surface area contributed by atoms with Crippen LogP contribution in [0.1, 0.15) is 22.7 Å². The van der Waals surface area contributed by atoms with Crippen molar-refractivity contribution in [3.63, 3.8) is 0 Å². The Balaban J connectivity index is 1.77. The largest absolute Gasteiger partial charge is 0.497 e. The lowest BCUT2D eigenvalue weighted by molar-refractivity contribution is -0.121. The highest BCUT2D eigenvalue weighted by molar-refractivity contribution is 7.89. The summed E-state index contributed by atoms with van der Waals surface area (Å²) in [6, 6.07) is 23.2. The fourth-order valence-corrected chi connectivity index (χ4v) is 4.31. The number of hydrogen-bond acceptors (Lipinski definition) is 4. The molecule has 0 fully saturated rings. The van der Waals surface area contributed by atoms with Crippen LogP contribution in [0.5, 0.6) is 5.75 Å². The van der Waals surface area contributed by atoms with E-state index in [9.17, 15) is 13.2 Å². The van der Waals surface area contributed by atoms with Crippen molar-refractivity contribution in [3.05, 3.63) is 95.6 Å². The van der Waals surface area contributed by atoms with Crippen LogP contribution in [0.3, 0.4) is 0 Å². The summed E-state index contributed by atoms with van der Waals surface area (Å²) in [4.78, 5) is 12.9. The van der Waals surface area contributed by atoms with E-state index in [0.29, 0.717) is 5.75 Å². The second-order valence-electron chi connectivity index (χ2n) is 7.26. The topological polar surface area (TPSA) is 75.7 Å². The van der Waals surface area contributed by atoms with E-state index in [1.807, 2.05) is 61.5 Å². The summed E-state index contributed by atoms with van der Waals surface area (Å²) in [5, 5.41) is 2.98. The number of sulfonamides is 1. The Hall–Kier alpha value is -3.16. The number of aryl methyl sites for hydroxylation is 1. The maximum Gasteiger partial charge on any atom is 0.243 e. The summed E-state index contributed by atoms with van der Waals surface area (Å²) in [5.41, 5.74) is 2.96. The predicted molar refractivity (Wildman–Crippen MR) is 120 cm³/mol. The molecule has 0 aliphatic heterocycles. The van der Waals surface area contributed by atoms with Crippen LogP contribution in [-0.2, 0) is 14.8 Å². The average molecular weight is 439 g/mol. The molecule has 3 aromatic rings. The Labute approximate surface area is 183 Å².